The third kappa shape index (κ3) is 1.47. The van der Waals surface area contributed by atoms with E-state index in [1.807, 2.05) is 0 Å². The van der Waals surface area contributed by atoms with Gasteiger partial charge in [-0.15, -0.1) is 0 Å². The molecule has 2 N–H and O–H groups in total. The summed E-state index contributed by atoms with van der Waals surface area (Å²) in [6.07, 6.45) is 5.80. The standard InChI is InChI=1S/C12H19N3O/c1-2-3-9-14-12(16-15-9)10-7-4-5-8(6-7)11(10)13/h7-8,10-11H,2-6,13H2,1H3. The zero-order chi connectivity index (χ0) is 11.1. The molecular formula is C12H19N3O. The first-order chi connectivity index (χ1) is 7.79. The molecule has 4 heteroatoms. The van der Waals surface area contributed by atoms with E-state index in [4.69, 9.17) is 10.3 Å². The fraction of sp³-hybridized carbons (Fsp3) is 0.833. The zero-order valence-electron chi connectivity index (χ0n) is 9.72. The summed E-state index contributed by atoms with van der Waals surface area (Å²) in [4.78, 5) is 4.49. The largest absolute Gasteiger partial charge is 0.339 e. The second-order valence-electron chi connectivity index (χ2n) is 5.24. The Kier molecular flexibility index (Phi) is 2.46. The fourth-order valence-corrected chi connectivity index (χ4v) is 3.43. The molecular weight excluding hydrogens is 202 g/mol. The molecule has 0 saturated heterocycles. The number of nitrogens with two attached hydrogens (primary N) is 1. The second kappa shape index (κ2) is 3.84. The Morgan fingerprint density at radius 3 is 2.88 bits per heavy atom. The maximum Gasteiger partial charge on any atom is 0.231 e. The van der Waals surface area contributed by atoms with Crippen molar-refractivity contribution in [3.63, 3.8) is 0 Å². The molecule has 1 aromatic heterocycles. The Hall–Kier alpha value is -0.900. The van der Waals surface area contributed by atoms with Gasteiger partial charge in [0.15, 0.2) is 5.82 Å². The molecule has 1 aromatic rings. The topological polar surface area (TPSA) is 64.9 Å². The van der Waals surface area contributed by atoms with E-state index < -0.39 is 0 Å². The van der Waals surface area contributed by atoms with Gasteiger partial charge in [-0.25, -0.2) is 0 Å². The minimum atomic E-state index is 0.244. The van der Waals surface area contributed by atoms with Crippen LogP contribution >= 0.6 is 0 Å². The summed E-state index contributed by atoms with van der Waals surface area (Å²) >= 11 is 0. The van der Waals surface area contributed by atoms with Crippen molar-refractivity contribution < 1.29 is 4.52 Å². The van der Waals surface area contributed by atoms with Gasteiger partial charge in [0.05, 0.1) is 5.92 Å². The van der Waals surface area contributed by atoms with Crippen LogP contribution in [0.5, 0.6) is 0 Å². The van der Waals surface area contributed by atoms with Crippen LogP contribution in [0, 0.1) is 11.8 Å². The van der Waals surface area contributed by atoms with Crippen molar-refractivity contribution in [2.45, 2.75) is 51.0 Å². The van der Waals surface area contributed by atoms with E-state index in [2.05, 4.69) is 17.1 Å². The van der Waals surface area contributed by atoms with Crippen LogP contribution in [0.15, 0.2) is 4.52 Å². The molecule has 2 aliphatic rings. The van der Waals surface area contributed by atoms with Gasteiger partial charge in [-0.3, -0.25) is 0 Å². The van der Waals surface area contributed by atoms with Crippen LogP contribution in [0.4, 0.5) is 0 Å². The molecule has 0 radical (unpaired) electrons. The summed E-state index contributed by atoms with van der Waals surface area (Å²) in [5.74, 6) is 3.35. The zero-order valence-corrected chi connectivity index (χ0v) is 9.72. The average Bonchev–Trinajstić information content (AvgIpc) is 2.93. The van der Waals surface area contributed by atoms with Gasteiger partial charge in [0, 0.05) is 12.5 Å². The van der Waals surface area contributed by atoms with Crippen LogP contribution in [0.3, 0.4) is 0 Å². The maximum atomic E-state index is 6.25. The first-order valence-electron chi connectivity index (χ1n) is 6.37. The number of fused-ring (bicyclic) bond motifs is 2. The predicted octanol–water partition coefficient (Wildman–Crippen LogP) is 1.86. The van der Waals surface area contributed by atoms with Crippen molar-refractivity contribution >= 4 is 0 Å². The molecule has 2 aliphatic carbocycles. The maximum absolute atomic E-state index is 6.25. The molecule has 4 nitrogen and oxygen atoms in total. The molecule has 4 atom stereocenters. The number of hydrogen-bond acceptors (Lipinski definition) is 4. The summed E-state index contributed by atoms with van der Waals surface area (Å²) < 4.78 is 5.38. The van der Waals surface area contributed by atoms with Gasteiger partial charge < -0.3 is 10.3 Å². The molecule has 0 aliphatic heterocycles. The molecule has 2 saturated carbocycles. The number of rotatable bonds is 3. The first-order valence-corrected chi connectivity index (χ1v) is 6.37. The molecule has 0 aromatic carbocycles. The van der Waals surface area contributed by atoms with Crippen molar-refractivity contribution in [1.29, 1.82) is 0 Å². The van der Waals surface area contributed by atoms with Crippen LogP contribution in [0.25, 0.3) is 0 Å². The van der Waals surface area contributed by atoms with Crippen LogP contribution < -0.4 is 5.73 Å². The van der Waals surface area contributed by atoms with Crippen LogP contribution in [0.2, 0.25) is 0 Å². The summed E-state index contributed by atoms with van der Waals surface area (Å²) in [5, 5.41) is 4.03. The number of hydrogen-bond donors (Lipinski definition) is 1. The Labute approximate surface area is 95.6 Å². The summed E-state index contributed by atoms with van der Waals surface area (Å²) in [6, 6.07) is 0.244. The Morgan fingerprint density at radius 2 is 2.19 bits per heavy atom. The smallest absolute Gasteiger partial charge is 0.231 e. The van der Waals surface area contributed by atoms with Crippen LogP contribution in [-0.4, -0.2) is 16.2 Å². The minimum absolute atomic E-state index is 0.244. The monoisotopic (exact) mass is 221 g/mol. The highest BCUT2D eigenvalue weighted by Gasteiger charge is 2.48. The van der Waals surface area contributed by atoms with Crippen LogP contribution in [-0.2, 0) is 6.42 Å². The molecule has 0 amide bonds. The van der Waals surface area contributed by atoms with E-state index in [-0.39, 0.29) is 6.04 Å². The molecule has 3 rings (SSSR count). The van der Waals surface area contributed by atoms with Crippen molar-refractivity contribution in [3.8, 4) is 0 Å². The van der Waals surface area contributed by atoms with Gasteiger partial charge in [0.1, 0.15) is 0 Å². The minimum Gasteiger partial charge on any atom is -0.339 e. The van der Waals surface area contributed by atoms with E-state index in [0.29, 0.717) is 17.8 Å². The van der Waals surface area contributed by atoms with Gasteiger partial charge >= 0.3 is 0 Å². The molecule has 2 fully saturated rings. The first kappa shape index (κ1) is 10.3. The molecule has 4 unspecified atom stereocenters. The highest BCUT2D eigenvalue weighted by atomic mass is 16.5. The fourth-order valence-electron chi connectivity index (χ4n) is 3.43. The van der Waals surface area contributed by atoms with Gasteiger partial charge in [-0.1, -0.05) is 12.1 Å². The second-order valence-corrected chi connectivity index (χ2v) is 5.24. The lowest BCUT2D eigenvalue weighted by molar-refractivity contribution is 0.278. The molecule has 1 heterocycles. The molecule has 0 spiro atoms. The van der Waals surface area contributed by atoms with Crippen molar-refractivity contribution in [1.82, 2.24) is 10.1 Å². The number of nitrogens with zero attached hydrogens (tertiary/aromatic N) is 2. The highest BCUT2D eigenvalue weighted by Crippen LogP contribution is 2.51. The molecule has 16 heavy (non-hydrogen) atoms. The van der Waals surface area contributed by atoms with E-state index >= 15 is 0 Å². The van der Waals surface area contributed by atoms with Gasteiger partial charge in [0.2, 0.25) is 5.89 Å². The Bertz CT molecular complexity index is 374. The average molecular weight is 221 g/mol. The molecule has 2 bridgehead atoms. The quantitative estimate of drug-likeness (QED) is 0.846. The lowest BCUT2D eigenvalue weighted by Gasteiger charge is -2.24. The SMILES string of the molecule is CCCc1noc(C2C3CCC(C3)C2N)n1. The number of aryl methyl sites for hydroxylation is 1. The van der Waals surface area contributed by atoms with Gasteiger partial charge in [-0.05, 0) is 37.5 Å². The number of aromatic nitrogens is 2. The van der Waals surface area contributed by atoms with Crippen LogP contribution in [0.1, 0.15) is 50.2 Å². The summed E-state index contributed by atoms with van der Waals surface area (Å²) in [6.45, 7) is 2.12. The van der Waals surface area contributed by atoms with Crippen molar-refractivity contribution in [3.05, 3.63) is 11.7 Å². The Morgan fingerprint density at radius 1 is 1.38 bits per heavy atom. The van der Waals surface area contributed by atoms with E-state index in [1.54, 1.807) is 0 Å². The van der Waals surface area contributed by atoms with E-state index in [1.165, 1.54) is 19.3 Å². The van der Waals surface area contributed by atoms with E-state index in [9.17, 15) is 0 Å². The summed E-state index contributed by atoms with van der Waals surface area (Å²) in [5.41, 5.74) is 6.25. The normalized spacial score (nSPS) is 37.1. The Balaban J connectivity index is 1.81. The predicted molar refractivity (Wildman–Crippen MR) is 59.8 cm³/mol. The molecule has 88 valence electrons. The third-order valence-corrected chi connectivity index (χ3v) is 4.22. The summed E-state index contributed by atoms with van der Waals surface area (Å²) in [7, 11) is 0. The lowest BCUT2D eigenvalue weighted by atomic mass is 9.85. The van der Waals surface area contributed by atoms with Gasteiger partial charge in [-0.2, -0.15) is 4.98 Å². The lowest BCUT2D eigenvalue weighted by Crippen LogP contribution is -2.34. The highest BCUT2D eigenvalue weighted by molar-refractivity contribution is 5.11. The van der Waals surface area contributed by atoms with Gasteiger partial charge in [0.25, 0.3) is 0 Å². The van der Waals surface area contributed by atoms with E-state index in [0.717, 1.165) is 24.6 Å². The third-order valence-electron chi connectivity index (χ3n) is 4.22. The van der Waals surface area contributed by atoms with Crippen molar-refractivity contribution in [2.75, 3.05) is 0 Å². The van der Waals surface area contributed by atoms with Crippen molar-refractivity contribution in [2.24, 2.45) is 17.6 Å².